The predicted octanol–water partition coefficient (Wildman–Crippen LogP) is -1.51. The quantitative estimate of drug-likeness (QED) is 0.456. The molecule has 15 heavy (non-hydrogen) atoms. The van der Waals surface area contributed by atoms with E-state index in [0.717, 1.165) is 0 Å². The van der Waals surface area contributed by atoms with E-state index in [-0.39, 0.29) is 12.4 Å². The van der Waals surface area contributed by atoms with Crippen molar-refractivity contribution < 1.29 is 20.4 Å². The van der Waals surface area contributed by atoms with E-state index < -0.39 is 24.4 Å². The van der Waals surface area contributed by atoms with Crippen molar-refractivity contribution in [1.82, 2.24) is 9.55 Å². The van der Waals surface area contributed by atoms with Gasteiger partial charge in [-0.25, -0.2) is 4.98 Å². The van der Waals surface area contributed by atoms with E-state index in [1.165, 1.54) is 4.57 Å². The fraction of sp³-hybridized carbons (Fsp3) is 0.667. The smallest absolute Gasteiger partial charge is 0.141 e. The van der Waals surface area contributed by atoms with Gasteiger partial charge in [0.1, 0.15) is 24.1 Å². The van der Waals surface area contributed by atoms with Crippen molar-refractivity contribution in [1.29, 1.82) is 0 Å². The first-order chi connectivity index (χ1) is 7.06. The molecule has 0 saturated carbocycles. The third-order valence-electron chi connectivity index (χ3n) is 2.76. The van der Waals surface area contributed by atoms with Crippen LogP contribution in [0.1, 0.15) is 23.7 Å². The third kappa shape index (κ3) is 1.46. The molecule has 0 spiro atoms. The SMILES string of the molecule is Cc1cn2c(n1)C(O)C(O)C(O)C2CO. The number of rotatable bonds is 1. The molecule has 4 unspecified atom stereocenters. The monoisotopic (exact) mass is 214 g/mol. The minimum Gasteiger partial charge on any atom is -0.394 e. The van der Waals surface area contributed by atoms with Gasteiger partial charge in [-0.15, -0.1) is 0 Å². The zero-order chi connectivity index (χ0) is 11.2. The lowest BCUT2D eigenvalue weighted by Crippen LogP contribution is -2.46. The van der Waals surface area contributed by atoms with Gasteiger partial charge in [-0.2, -0.15) is 0 Å². The van der Waals surface area contributed by atoms with Crippen LogP contribution in [0.2, 0.25) is 0 Å². The second-order valence-electron chi connectivity index (χ2n) is 3.82. The molecule has 0 radical (unpaired) electrons. The lowest BCUT2D eigenvalue weighted by Gasteiger charge is -2.35. The van der Waals surface area contributed by atoms with Crippen LogP contribution in [0, 0.1) is 6.92 Å². The molecule has 6 heteroatoms. The first-order valence-electron chi connectivity index (χ1n) is 4.76. The summed E-state index contributed by atoms with van der Waals surface area (Å²) < 4.78 is 1.51. The van der Waals surface area contributed by atoms with E-state index in [2.05, 4.69) is 4.98 Å². The van der Waals surface area contributed by atoms with E-state index in [4.69, 9.17) is 5.11 Å². The summed E-state index contributed by atoms with van der Waals surface area (Å²) in [5, 5.41) is 38.0. The van der Waals surface area contributed by atoms with Gasteiger partial charge in [-0.05, 0) is 6.92 Å². The summed E-state index contributed by atoms with van der Waals surface area (Å²) in [6, 6.07) is -0.653. The van der Waals surface area contributed by atoms with Gasteiger partial charge in [0.15, 0.2) is 0 Å². The molecule has 0 aliphatic carbocycles. The van der Waals surface area contributed by atoms with Crippen molar-refractivity contribution in [2.24, 2.45) is 0 Å². The van der Waals surface area contributed by atoms with Gasteiger partial charge >= 0.3 is 0 Å². The maximum absolute atomic E-state index is 9.65. The molecular weight excluding hydrogens is 200 g/mol. The Morgan fingerprint density at radius 1 is 1.33 bits per heavy atom. The molecule has 4 N–H and O–H groups in total. The molecule has 1 aliphatic rings. The number of imidazole rings is 1. The molecule has 0 fully saturated rings. The number of aromatic nitrogens is 2. The average Bonchev–Trinajstić information content (AvgIpc) is 2.58. The first kappa shape index (κ1) is 10.6. The van der Waals surface area contributed by atoms with Gasteiger partial charge in [0, 0.05) is 6.20 Å². The van der Waals surface area contributed by atoms with Crippen LogP contribution in [-0.4, -0.2) is 48.8 Å². The molecule has 4 atom stereocenters. The Labute approximate surface area is 86.4 Å². The van der Waals surface area contributed by atoms with E-state index in [1.807, 2.05) is 0 Å². The van der Waals surface area contributed by atoms with Crippen LogP contribution in [0.3, 0.4) is 0 Å². The summed E-state index contributed by atoms with van der Waals surface area (Å²) in [7, 11) is 0. The molecule has 0 aromatic carbocycles. The van der Waals surface area contributed by atoms with E-state index in [9.17, 15) is 15.3 Å². The van der Waals surface area contributed by atoms with Crippen LogP contribution in [0.15, 0.2) is 6.20 Å². The van der Waals surface area contributed by atoms with Crippen molar-refractivity contribution in [3.8, 4) is 0 Å². The highest BCUT2D eigenvalue weighted by Crippen LogP contribution is 2.31. The molecule has 1 aromatic heterocycles. The number of fused-ring (bicyclic) bond motifs is 1. The summed E-state index contributed by atoms with van der Waals surface area (Å²) in [6.07, 6.45) is -2.08. The number of aliphatic hydroxyl groups excluding tert-OH is 4. The Kier molecular flexibility index (Phi) is 2.51. The summed E-state index contributed by atoms with van der Waals surface area (Å²) >= 11 is 0. The molecule has 1 aromatic rings. The van der Waals surface area contributed by atoms with Crippen LogP contribution in [0.4, 0.5) is 0 Å². The Morgan fingerprint density at radius 3 is 2.60 bits per heavy atom. The van der Waals surface area contributed by atoms with Crippen LogP contribution in [0.25, 0.3) is 0 Å². The highest BCUT2D eigenvalue weighted by atomic mass is 16.4. The minimum atomic E-state index is -1.31. The Hall–Kier alpha value is -0.950. The maximum Gasteiger partial charge on any atom is 0.141 e. The zero-order valence-electron chi connectivity index (χ0n) is 8.28. The first-order valence-corrected chi connectivity index (χ1v) is 4.76. The summed E-state index contributed by atoms with van der Waals surface area (Å²) in [5.41, 5.74) is 0.670. The Morgan fingerprint density at radius 2 is 2.00 bits per heavy atom. The van der Waals surface area contributed by atoms with Crippen molar-refractivity contribution >= 4 is 0 Å². The Balaban J connectivity index is 2.49. The molecule has 2 rings (SSSR count). The molecule has 2 heterocycles. The normalized spacial score (nSPS) is 35.3. The summed E-state index contributed by atoms with van der Waals surface area (Å²) in [4.78, 5) is 4.05. The van der Waals surface area contributed by atoms with Crippen LogP contribution in [-0.2, 0) is 0 Å². The van der Waals surface area contributed by atoms with Crippen LogP contribution < -0.4 is 0 Å². The van der Waals surface area contributed by atoms with Crippen LogP contribution in [0.5, 0.6) is 0 Å². The second kappa shape index (κ2) is 3.57. The molecule has 1 aliphatic heterocycles. The highest BCUT2D eigenvalue weighted by Gasteiger charge is 2.41. The fourth-order valence-corrected chi connectivity index (χ4v) is 1.95. The Bertz CT molecular complexity index is 365. The molecule has 0 amide bonds. The topological polar surface area (TPSA) is 98.7 Å². The standard InChI is InChI=1S/C9H14N2O4/c1-4-2-11-5(3-12)6(13)7(14)8(15)9(11)10-4/h2,5-8,12-15H,3H2,1H3. The van der Waals surface area contributed by atoms with Crippen LogP contribution >= 0.6 is 0 Å². The number of hydrogen-bond donors (Lipinski definition) is 4. The number of hydrogen-bond acceptors (Lipinski definition) is 5. The molecular formula is C9H14N2O4. The maximum atomic E-state index is 9.65. The minimum absolute atomic E-state index is 0.282. The van der Waals surface area contributed by atoms with E-state index >= 15 is 0 Å². The summed E-state index contributed by atoms with van der Waals surface area (Å²) in [5.74, 6) is 0.282. The molecule has 84 valence electrons. The number of nitrogens with zero attached hydrogens (tertiary/aromatic N) is 2. The lowest BCUT2D eigenvalue weighted by molar-refractivity contribution is -0.108. The van der Waals surface area contributed by atoms with Crippen molar-refractivity contribution in [2.75, 3.05) is 6.61 Å². The van der Waals surface area contributed by atoms with Gasteiger partial charge in [0.25, 0.3) is 0 Å². The van der Waals surface area contributed by atoms with E-state index in [0.29, 0.717) is 5.69 Å². The van der Waals surface area contributed by atoms with Gasteiger partial charge < -0.3 is 25.0 Å². The average molecular weight is 214 g/mol. The molecule has 0 bridgehead atoms. The lowest BCUT2D eigenvalue weighted by atomic mass is 9.96. The summed E-state index contributed by atoms with van der Waals surface area (Å²) in [6.45, 7) is 1.43. The largest absolute Gasteiger partial charge is 0.394 e. The third-order valence-corrected chi connectivity index (χ3v) is 2.76. The zero-order valence-corrected chi connectivity index (χ0v) is 8.28. The second-order valence-corrected chi connectivity index (χ2v) is 3.82. The van der Waals surface area contributed by atoms with Gasteiger partial charge in [-0.1, -0.05) is 0 Å². The van der Waals surface area contributed by atoms with E-state index in [1.54, 1.807) is 13.1 Å². The van der Waals surface area contributed by atoms with Crippen molar-refractivity contribution in [2.45, 2.75) is 31.3 Å². The van der Waals surface area contributed by atoms with Gasteiger partial charge in [0.05, 0.1) is 18.3 Å². The number of aliphatic hydroxyl groups is 4. The molecule has 6 nitrogen and oxygen atoms in total. The molecule has 0 saturated heterocycles. The van der Waals surface area contributed by atoms with Gasteiger partial charge in [0.2, 0.25) is 0 Å². The highest BCUT2D eigenvalue weighted by molar-refractivity contribution is 5.13. The van der Waals surface area contributed by atoms with Crippen molar-refractivity contribution in [3.63, 3.8) is 0 Å². The van der Waals surface area contributed by atoms with Gasteiger partial charge in [-0.3, -0.25) is 0 Å². The van der Waals surface area contributed by atoms with Crippen molar-refractivity contribution in [3.05, 3.63) is 17.7 Å². The number of aryl methyl sites for hydroxylation is 1. The fourth-order valence-electron chi connectivity index (χ4n) is 1.95. The predicted molar refractivity (Wildman–Crippen MR) is 50.1 cm³/mol.